The van der Waals surface area contributed by atoms with Crippen molar-refractivity contribution in [2.45, 2.75) is 5.41 Å². The lowest BCUT2D eigenvalue weighted by atomic mass is 9.64. The fraction of sp³-hybridized carbons (Fsp3) is 0.00826. The normalized spacial score (nSPS) is 12.8. The van der Waals surface area contributed by atoms with Crippen molar-refractivity contribution < 1.29 is 35.3 Å². The number of fused-ring (bicyclic) bond motifs is 36. The number of hydrogen-bond donors (Lipinski definition) is 0. The first-order valence-corrected chi connectivity index (χ1v) is 45.1. The van der Waals surface area contributed by atoms with Crippen LogP contribution in [0.5, 0.6) is 0 Å². The van der Waals surface area contributed by atoms with E-state index in [1.165, 1.54) is 43.1 Å². The quantitative estimate of drug-likeness (QED) is 0.138. The number of aromatic nitrogens is 4. The Morgan fingerprint density at radius 1 is 0.120 bits per heavy atom. The zero-order valence-electron chi connectivity index (χ0n) is 70.5. The summed E-state index contributed by atoms with van der Waals surface area (Å²) in [6, 6.07) is 140. The third kappa shape index (κ3) is 9.40. The Morgan fingerprint density at radius 3 is 0.451 bits per heavy atom. The van der Waals surface area contributed by atoms with Crippen molar-refractivity contribution in [1.82, 2.24) is 18.3 Å². The molecule has 12 heteroatoms. The molecule has 0 N–H and O–H groups in total. The summed E-state index contributed by atoms with van der Waals surface area (Å²) in [5.74, 6) is 0. The summed E-state index contributed by atoms with van der Waals surface area (Å²) in [7, 11) is 0. The van der Waals surface area contributed by atoms with Crippen LogP contribution in [0, 0.1) is 0 Å². The maximum Gasteiger partial charge on any atom is 0.139 e. The molecule has 133 heavy (non-hydrogen) atoms. The van der Waals surface area contributed by atoms with Crippen LogP contribution in [0.2, 0.25) is 0 Å². The topological polar surface area (TPSA) is 125 Å². The van der Waals surface area contributed by atoms with Crippen LogP contribution in [0.1, 0.15) is 22.3 Å². The summed E-state index contributed by atoms with van der Waals surface area (Å²) in [6.07, 6.45) is 0. The first-order chi connectivity index (χ1) is 65.8. The Labute approximate surface area is 750 Å². The van der Waals surface area contributed by atoms with Gasteiger partial charge in [-0.15, -0.1) is 0 Å². The Bertz CT molecular complexity index is 9450. The molecule has 12 aromatic heterocycles. The van der Waals surface area contributed by atoms with Crippen molar-refractivity contribution in [2.24, 2.45) is 0 Å². The molecule has 0 amide bonds. The number of hydrogen-bond acceptors (Lipinski definition) is 8. The molecule has 616 valence electrons. The van der Waals surface area contributed by atoms with Crippen molar-refractivity contribution in [3.05, 3.63) is 411 Å². The van der Waals surface area contributed by atoms with Gasteiger partial charge in [-0.2, -0.15) is 0 Å². The maximum atomic E-state index is 7.15. The minimum atomic E-state index is -1.22. The van der Waals surface area contributed by atoms with Gasteiger partial charge in [-0.05, 0) is 216 Å². The highest BCUT2D eigenvalue weighted by atomic mass is 16.4. The maximum absolute atomic E-state index is 7.15. The van der Waals surface area contributed by atoms with Gasteiger partial charge in [0.15, 0.2) is 0 Å². The molecule has 32 aromatic rings. The molecule has 0 spiro atoms. The number of furan rings is 8. The highest BCUT2D eigenvalue weighted by molar-refractivity contribution is 6.23. The Hall–Kier alpha value is -18.0. The summed E-state index contributed by atoms with van der Waals surface area (Å²) in [6.45, 7) is 0. The average Bonchev–Trinajstić information content (AvgIpc) is 1.65. The van der Waals surface area contributed by atoms with Crippen LogP contribution in [0.15, 0.2) is 424 Å². The van der Waals surface area contributed by atoms with E-state index in [-0.39, 0.29) is 0 Å². The van der Waals surface area contributed by atoms with Crippen LogP contribution in [-0.4, -0.2) is 18.3 Å². The summed E-state index contributed by atoms with van der Waals surface area (Å²) in [5.41, 5.74) is 27.7. The van der Waals surface area contributed by atoms with Gasteiger partial charge in [0.25, 0.3) is 0 Å². The summed E-state index contributed by atoms with van der Waals surface area (Å²) < 4.78 is 65.6. The predicted molar refractivity (Wildman–Crippen MR) is 540 cm³/mol. The largest absolute Gasteiger partial charge is 0.456 e. The van der Waals surface area contributed by atoms with E-state index in [2.05, 4.69) is 407 Å². The fourth-order valence-electron chi connectivity index (χ4n) is 23.4. The van der Waals surface area contributed by atoms with Gasteiger partial charge >= 0.3 is 0 Å². The molecule has 0 atom stereocenters. The van der Waals surface area contributed by atoms with E-state index in [9.17, 15) is 0 Å². The number of benzene rings is 20. The van der Waals surface area contributed by atoms with E-state index in [1.807, 2.05) is 0 Å². The molecule has 0 aliphatic rings. The van der Waals surface area contributed by atoms with E-state index >= 15 is 0 Å². The molecule has 0 unspecified atom stereocenters. The lowest BCUT2D eigenvalue weighted by Crippen LogP contribution is -2.31. The van der Waals surface area contributed by atoms with Crippen LogP contribution in [0.4, 0.5) is 0 Å². The van der Waals surface area contributed by atoms with Gasteiger partial charge in [0.2, 0.25) is 0 Å². The van der Waals surface area contributed by atoms with Crippen molar-refractivity contribution in [3.63, 3.8) is 0 Å². The Morgan fingerprint density at radius 2 is 0.271 bits per heavy atom. The summed E-state index contributed by atoms with van der Waals surface area (Å²) in [4.78, 5) is 0. The third-order valence-corrected chi connectivity index (χ3v) is 29.3. The monoisotopic (exact) mass is 1700 g/mol. The molecule has 12 nitrogen and oxygen atoms in total. The molecule has 0 radical (unpaired) electrons. The lowest BCUT2D eigenvalue weighted by molar-refractivity contribution is 0.655. The highest BCUT2D eigenvalue weighted by Gasteiger charge is 2.41. The van der Waals surface area contributed by atoms with Gasteiger partial charge in [-0.1, -0.05) is 170 Å². The molecule has 32 rings (SSSR count). The second-order valence-corrected chi connectivity index (χ2v) is 36.0. The first-order valence-electron chi connectivity index (χ1n) is 45.1. The van der Waals surface area contributed by atoms with Crippen LogP contribution in [0.3, 0.4) is 0 Å². The summed E-state index contributed by atoms with van der Waals surface area (Å²) >= 11 is 0. The van der Waals surface area contributed by atoms with Gasteiger partial charge in [-0.25, -0.2) is 0 Å². The zero-order valence-corrected chi connectivity index (χ0v) is 70.5. The van der Waals surface area contributed by atoms with Crippen molar-refractivity contribution >= 4 is 263 Å². The van der Waals surface area contributed by atoms with E-state index in [4.69, 9.17) is 35.3 Å². The van der Waals surface area contributed by atoms with Gasteiger partial charge in [0.05, 0.1) is 49.5 Å². The molecular weight excluding hydrogens is 1640 g/mol. The van der Waals surface area contributed by atoms with Crippen molar-refractivity contribution in [3.8, 4) is 22.7 Å². The molecule has 0 fully saturated rings. The minimum absolute atomic E-state index is 0.705. The molecule has 0 aliphatic heterocycles. The molecule has 0 aliphatic carbocycles. The SMILES string of the molecule is c1ccc2c(c1)c1ccccc1n2-c1ccc2oc3cc4oc5ccc(C(c6ccc7oc8cc9oc%10ccc(-n%11c%12ccccc%12c%12ccccc%12%11)cc%10c9cc8c7c6)(c6ccc7oc8cc9oc%10ccc(-n%11c%12ccccc%12c%12ccccc%12%11)cc%10c9cc8c7c6)c6ccc7oc8cc9oc%10ccc(-n%11c%12ccccc%12c%12ccccc%12%11)cc%10c9cc8c7c6)cc5c4cc3c2c1. The highest BCUT2D eigenvalue weighted by Crippen LogP contribution is 2.54. The zero-order chi connectivity index (χ0) is 86.1. The minimum Gasteiger partial charge on any atom is -0.456 e. The van der Waals surface area contributed by atoms with E-state index in [1.54, 1.807) is 0 Å². The van der Waals surface area contributed by atoms with Gasteiger partial charge in [-0.3, -0.25) is 0 Å². The molecule has 0 bridgehead atoms. The van der Waals surface area contributed by atoms with Crippen LogP contribution >= 0.6 is 0 Å². The van der Waals surface area contributed by atoms with Crippen LogP contribution in [0.25, 0.3) is 285 Å². The second-order valence-electron chi connectivity index (χ2n) is 36.0. The number of rotatable bonds is 8. The number of para-hydroxylation sites is 8. The molecule has 20 aromatic carbocycles. The van der Waals surface area contributed by atoms with Gasteiger partial charge in [0.1, 0.15) is 89.3 Å². The standard InChI is InChI=1S/C121H64N4O8/c1-9-25-97-73(17-1)74-18-2-10-26-98(74)122(97)69-37-45-109-85(53-69)93-57-89-81-49-65(33-41-105(81)126-113(89)61-117(93)130-109)121(66-34-42-106-82(50-66)90-58-94-86-54-70(38-46-110(86)131-118(94)62-114(90)127-106)123-99-27-11-3-19-75(99)76-20-4-12-28-100(76)123,67-35-43-107-83(51-67)91-59-95-87-55-71(39-47-111(87)132-119(95)63-115(91)128-107)124-101-29-13-5-21-77(101)78-22-6-14-30-102(78)124)68-36-44-108-84(52-68)92-60-96-88-56-72(40-48-112(88)133-120(96)64-116(92)129-108)125-103-31-15-7-23-79(103)80-24-8-16-32-104(80)125/h1-64H. The molecule has 0 saturated heterocycles. The fourth-order valence-corrected chi connectivity index (χ4v) is 23.4. The first kappa shape index (κ1) is 70.1. The third-order valence-electron chi connectivity index (χ3n) is 29.3. The smallest absolute Gasteiger partial charge is 0.139 e. The van der Waals surface area contributed by atoms with Crippen molar-refractivity contribution in [2.75, 3.05) is 0 Å². The number of nitrogens with zero attached hydrogens (tertiary/aromatic N) is 4. The molecular formula is C121H64N4O8. The van der Waals surface area contributed by atoms with Gasteiger partial charge in [0, 0.05) is 176 Å². The average molecular weight is 1700 g/mol. The van der Waals surface area contributed by atoms with E-state index in [0.717, 1.165) is 242 Å². The van der Waals surface area contributed by atoms with Crippen LogP contribution in [-0.2, 0) is 5.41 Å². The molecule has 0 saturated carbocycles. The molecule has 12 heterocycles. The van der Waals surface area contributed by atoms with Crippen molar-refractivity contribution in [1.29, 1.82) is 0 Å². The van der Waals surface area contributed by atoms with Crippen LogP contribution < -0.4 is 0 Å². The second kappa shape index (κ2) is 25.3. The Kier molecular flexibility index (Phi) is 13.3. The van der Waals surface area contributed by atoms with E-state index < -0.39 is 5.41 Å². The lowest BCUT2D eigenvalue weighted by Gasteiger charge is -2.37. The predicted octanol–water partition coefficient (Wildman–Crippen LogP) is 33.7. The Balaban J connectivity index is 0.660. The van der Waals surface area contributed by atoms with E-state index in [0.29, 0.717) is 22.3 Å². The van der Waals surface area contributed by atoms with Gasteiger partial charge < -0.3 is 53.6 Å². The summed E-state index contributed by atoms with van der Waals surface area (Å²) in [5, 5.41) is 25.0.